The maximum atomic E-state index is 12.4. The summed E-state index contributed by atoms with van der Waals surface area (Å²) in [5, 5.41) is 1.65. The van der Waals surface area contributed by atoms with Gasteiger partial charge in [-0.2, -0.15) is 0 Å². The average Bonchev–Trinajstić information content (AvgIpc) is 3.30. The summed E-state index contributed by atoms with van der Waals surface area (Å²) >= 11 is 0. The number of nitrogens with two attached hydrogens (primary N) is 1. The van der Waals surface area contributed by atoms with Crippen LogP contribution in [-0.4, -0.2) is 27.1 Å². The molecule has 0 saturated carbocycles. The molecule has 0 atom stereocenters. The van der Waals surface area contributed by atoms with Crippen molar-refractivity contribution in [2.75, 3.05) is 12.3 Å². The van der Waals surface area contributed by atoms with E-state index >= 15 is 0 Å². The van der Waals surface area contributed by atoms with Crippen LogP contribution in [0, 0.1) is 6.92 Å². The molecule has 0 saturated heterocycles. The molecule has 144 valence electrons. The van der Waals surface area contributed by atoms with Crippen LogP contribution in [0.15, 0.2) is 41.5 Å². The van der Waals surface area contributed by atoms with Crippen molar-refractivity contribution in [3.8, 4) is 11.1 Å². The highest BCUT2D eigenvalue weighted by Gasteiger charge is 2.20. The Hall–Kier alpha value is -3.35. The first-order chi connectivity index (χ1) is 13.6. The third kappa shape index (κ3) is 3.09. The number of aryl methyl sites for hydroxylation is 1. The average molecular weight is 378 g/mol. The van der Waals surface area contributed by atoms with Gasteiger partial charge >= 0.3 is 5.97 Å². The van der Waals surface area contributed by atoms with Crippen molar-refractivity contribution in [3.05, 3.63) is 42.6 Å². The smallest absolute Gasteiger partial charge is 0.326 e. The highest BCUT2D eigenvalue weighted by molar-refractivity contribution is 6.13. The molecule has 0 aliphatic rings. The van der Waals surface area contributed by atoms with E-state index in [1.54, 1.807) is 12.5 Å². The Morgan fingerprint density at radius 1 is 1.29 bits per heavy atom. The molecule has 3 aromatic heterocycles. The maximum Gasteiger partial charge on any atom is 0.326 e. The lowest BCUT2D eigenvalue weighted by atomic mass is 10.0. The zero-order valence-electron chi connectivity index (χ0n) is 15.9. The lowest BCUT2D eigenvalue weighted by Crippen LogP contribution is -2.15. The van der Waals surface area contributed by atoms with Gasteiger partial charge in [0.15, 0.2) is 0 Å². The van der Waals surface area contributed by atoms with Crippen molar-refractivity contribution in [3.63, 3.8) is 0 Å². The van der Waals surface area contributed by atoms with Gasteiger partial charge in [-0.3, -0.25) is 4.79 Å². The van der Waals surface area contributed by atoms with Crippen LogP contribution in [0.25, 0.3) is 33.1 Å². The second-order valence-electron chi connectivity index (χ2n) is 6.82. The number of aromatic nitrogens is 3. The van der Waals surface area contributed by atoms with Crippen molar-refractivity contribution in [2.45, 2.75) is 33.2 Å². The number of hydrogen-bond donors (Lipinski definition) is 1. The topological polar surface area (TPSA) is 96.2 Å². The van der Waals surface area contributed by atoms with Crippen LogP contribution in [-0.2, 0) is 16.1 Å². The van der Waals surface area contributed by atoms with Crippen molar-refractivity contribution in [1.29, 1.82) is 0 Å². The van der Waals surface area contributed by atoms with E-state index in [2.05, 4.69) is 23.0 Å². The number of hydrogen-bond acceptors (Lipinski definition) is 6. The molecule has 0 radical (unpaired) electrons. The maximum absolute atomic E-state index is 12.4. The number of anilines is 1. The van der Waals surface area contributed by atoms with Crippen molar-refractivity contribution in [1.82, 2.24) is 14.5 Å². The van der Waals surface area contributed by atoms with Gasteiger partial charge < -0.3 is 19.5 Å². The van der Waals surface area contributed by atoms with Crippen LogP contribution in [0.4, 0.5) is 5.82 Å². The quantitative estimate of drug-likeness (QED) is 0.401. The fourth-order valence-electron chi connectivity index (χ4n) is 3.54. The third-order valence-electron chi connectivity index (χ3n) is 4.85. The Labute approximate surface area is 162 Å². The number of benzene rings is 1. The second kappa shape index (κ2) is 7.34. The highest BCUT2D eigenvalue weighted by Crippen LogP contribution is 2.36. The van der Waals surface area contributed by atoms with Gasteiger partial charge in [-0.1, -0.05) is 13.3 Å². The number of carbonyl (C=O) groups is 1. The largest absolute Gasteiger partial charge is 0.472 e. The predicted molar refractivity (Wildman–Crippen MR) is 108 cm³/mol. The first-order valence-electron chi connectivity index (χ1n) is 9.31. The molecule has 7 nitrogen and oxygen atoms in total. The third-order valence-corrected chi connectivity index (χ3v) is 4.85. The molecule has 3 heterocycles. The van der Waals surface area contributed by atoms with Gasteiger partial charge in [0.25, 0.3) is 0 Å². The van der Waals surface area contributed by atoms with E-state index in [4.69, 9.17) is 14.9 Å². The molecule has 28 heavy (non-hydrogen) atoms. The number of fused-ring (bicyclic) bond motifs is 3. The van der Waals surface area contributed by atoms with Gasteiger partial charge in [-0.15, -0.1) is 0 Å². The molecule has 4 aromatic rings. The van der Waals surface area contributed by atoms with Gasteiger partial charge in [0, 0.05) is 10.9 Å². The number of rotatable bonds is 6. The molecular weight excluding hydrogens is 356 g/mol. The molecule has 0 fully saturated rings. The molecule has 2 N–H and O–H groups in total. The SMILES string of the molecule is CCCCOC(=O)Cn1c2ncnc(N)c2c2cc(-c3ccoc3)cc(C)c21. The summed E-state index contributed by atoms with van der Waals surface area (Å²) in [5.74, 6) is 0.0968. The van der Waals surface area contributed by atoms with E-state index in [0.29, 0.717) is 18.1 Å². The monoisotopic (exact) mass is 378 g/mol. The minimum atomic E-state index is -0.289. The number of unbranched alkanes of at least 4 members (excludes halogenated alkanes) is 1. The van der Waals surface area contributed by atoms with E-state index in [-0.39, 0.29) is 12.5 Å². The second-order valence-corrected chi connectivity index (χ2v) is 6.82. The lowest BCUT2D eigenvalue weighted by Gasteiger charge is -2.09. The van der Waals surface area contributed by atoms with Crippen LogP contribution in [0.1, 0.15) is 25.3 Å². The molecular formula is C21H22N4O3. The number of nitrogen functional groups attached to an aromatic ring is 1. The predicted octanol–water partition coefficient (Wildman–Crippen LogP) is 4.08. The van der Waals surface area contributed by atoms with Crippen molar-refractivity contribution >= 4 is 33.7 Å². The summed E-state index contributed by atoms with van der Waals surface area (Å²) in [6.45, 7) is 4.56. The number of esters is 1. The molecule has 7 heteroatoms. The van der Waals surface area contributed by atoms with E-state index in [1.165, 1.54) is 6.33 Å². The van der Waals surface area contributed by atoms with Gasteiger partial charge in [-0.25, -0.2) is 9.97 Å². The molecule has 0 aliphatic carbocycles. The highest BCUT2D eigenvalue weighted by atomic mass is 16.5. The molecule has 1 aromatic carbocycles. The van der Waals surface area contributed by atoms with E-state index in [1.807, 2.05) is 23.6 Å². The summed E-state index contributed by atoms with van der Waals surface area (Å²) in [6, 6.07) is 6.01. The number of carbonyl (C=O) groups excluding carboxylic acids is 1. The van der Waals surface area contributed by atoms with Crippen LogP contribution in [0.3, 0.4) is 0 Å². The Morgan fingerprint density at radius 2 is 2.14 bits per heavy atom. The van der Waals surface area contributed by atoms with E-state index in [9.17, 15) is 4.79 Å². The number of ether oxygens (including phenoxy) is 1. The lowest BCUT2D eigenvalue weighted by molar-refractivity contribution is -0.144. The standard InChI is InChI=1S/C21H22N4O3/c1-3-4-6-28-17(26)10-25-19-13(2)8-15(14-5-7-27-11-14)9-16(19)18-20(22)23-12-24-21(18)25/h5,7-9,11-12H,3-4,6,10H2,1-2H3,(H2,22,23,24). The normalized spacial score (nSPS) is 11.4. The van der Waals surface area contributed by atoms with Crippen LogP contribution >= 0.6 is 0 Å². The number of furan rings is 1. The molecule has 0 amide bonds. The molecule has 0 bridgehead atoms. The Balaban J connectivity index is 1.89. The first kappa shape index (κ1) is 18.0. The summed E-state index contributed by atoms with van der Waals surface area (Å²) in [5.41, 5.74) is 10.7. The Kier molecular flexibility index (Phi) is 4.73. The number of nitrogens with zero attached hydrogens (tertiary/aromatic N) is 3. The van der Waals surface area contributed by atoms with Gasteiger partial charge in [0.2, 0.25) is 0 Å². The summed E-state index contributed by atoms with van der Waals surface area (Å²) in [4.78, 5) is 21.0. The van der Waals surface area contributed by atoms with E-state index in [0.717, 1.165) is 45.8 Å². The summed E-state index contributed by atoms with van der Waals surface area (Å²) in [6.07, 6.45) is 6.58. The van der Waals surface area contributed by atoms with Gasteiger partial charge in [0.1, 0.15) is 24.3 Å². The van der Waals surface area contributed by atoms with Crippen molar-refractivity contribution < 1.29 is 13.9 Å². The Morgan fingerprint density at radius 3 is 2.89 bits per heavy atom. The first-order valence-corrected chi connectivity index (χ1v) is 9.31. The zero-order valence-corrected chi connectivity index (χ0v) is 15.9. The van der Waals surface area contributed by atoms with Crippen molar-refractivity contribution in [2.24, 2.45) is 0 Å². The van der Waals surface area contributed by atoms with Crippen LogP contribution in [0.2, 0.25) is 0 Å². The minimum absolute atomic E-state index is 0.0755. The van der Waals surface area contributed by atoms with Crippen LogP contribution in [0.5, 0.6) is 0 Å². The molecule has 4 rings (SSSR count). The Bertz CT molecular complexity index is 1150. The zero-order chi connectivity index (χ0) is 19.7. The van der Waals surface area contributed by atoms with Gasteiger partial charge in [0.05, 0.1) is 30.0 Å². The van der Waals surface area contributed by atoms with E-state index < -0.39 is 0 Å². The van der Waals surface area contributed by atoms with Gasteiger partial charge in [-0.05, 0) is 42.7 Å². The summed E-state index contributed by atoms with van der Waals surface area (Å²) in [7, 11) is 0. The molecule has 0 unspecified atom stereocenters. The van der Waals surface area contributed by atoms with Crippen LogP contribution < -0.4 is 5.73 Å². The molecule has 0 aliphatic heterocycles. The minimum Gasteiger partial charge on any atom is -0.472 e. The fourth-order valence-corrected chi connectivity index (χ4v) is 3.54. The fraction of sp³-hybridized carbons (Fsp3) is 0.286. The molecule has 0 spiro atoms. The summed E-state index contributed by atoms with van der Waals surface area (Å²) < 4.78 is 12.4.